The molecule has 0 bridgehead atoms. The zero-order valence-electron chi connectivity index (χ0n) is 22.2. The second-order valence-electron chi connectivity index (χ2n) is 10.4. The molecule has 0 saturated heterocycles. The van der Waals surface area contributed by atoms with Crippen molar-refractivity contribution in [2.45, 2.75) is 102 Å². The van der Waals surface area contributed by atoms with Crippen molar-refractivity contribution in [3.8, 4) is 16.9 Å². The number of ether oxygens (including phenoxy) is 1. The maximum atomic E-state index is 15.9. The molecule has 1 fully saturated rings. The van der Waals surface area contributed by atoms with Crippen molar-refractivity contribution in [1.29, 1.82) is 0 Å². The Bertz CT molecular complexity index is 1000. The summed E-state index contributed by atoms with van der Waals surface area (Å²) in [6, 6.07) is 9.88. The minimum Gasteiger partial charge on any atom is -0.490 e. The van der Waals surface area contributed by atoms with Crippen LogP contribution in [-0.4, -0.2) is 23.4 Å². The number of unbranched alkanes of at least 4 members (excludes halogenated alkanes) is 4. The van der Waals surface area contributed by atoms with Gasteiger partial charge in [0.1, 0.15) is 0 Å². The van der Waals surface area contributed by atoms with E-state index in [1.165, 1.54) is 12.1 Å². The summed E-state index contributed by atoms with van der Waals surface area (Å²) in [6.07, 6.45) is 9.63. The lowest BCUT2D eigenvalue weighted by Crippen LogP contribution is -2.43. The molecule has 1 aliphatic carbocycles. The highest BCUT2D eigenvalue weighted by Crippen LogP contribution is 2.43. The Morgan fingerprint density at radius 1 is 0.973 bits per heavy atom. The summed E-state index contributed by atoms with van der Waals surface area (Å²) in [4.78, 5) is 12.0. The van der Waals surface area contributed by atoms with Gasteiger partial charge in [0.25, 0.3) is 0 Å². The van der Waals surface area contributed by atoms with E-state index in [0.29, 0.717) is 31.4 Å². The van der Waals surface area contributed by atoms with Crippen molar-refractivity contribution in [2.75, 3.05) is 6.61 Å². The number of halogens is 3. The first-order chi connectivity index (χ1) is 17.8. The van der Waals surface area contributed by atoms with Crippen molar-refractivity contribution in [2.24, 2.45) is 5.92 Å². The van der Waals surface area contributed by atoms with Crippen LogP contribution in [0.4, 0.5) is 13.2 Å². The number of hydrogen-bond donors (Lipinski definition) is 1. The Kier molecular flexibility index (Phi) is 10.9. The SMILES string of the molecule is CCCCCCCOc1ccc(-c2ccc(C(CC)C[C@@](F)(C(=O)O)C3CCCCC3)cc2)c(F)c1F. The van der Waals surface area contributed by atoms with E-state index >= 15 is 4.39 Å². The van der Waals surface area contributed by atoms with Crippen molar-refractivity contribution in [3.05, 3.63) is 53.6 Å². The zero-order valence-corrected chi connectivity index (χ0v) is 22.2. The summed E-state index contributed by atoms with van der Waals surface area (Å²) in [5, 5.41) is 9.79. The summed E-state index contributed by atoms with van der Waals surface area (Å²) in [5.41, 5.74) is -0.840. The normalized spacial score (nSPS) is 16.8. The molecule has 2 aromatic rings. The second kappa shape index (κ2) is 13.9. The maximum absolute atomic E-state index is 15.9. The van der Waals surface area contributed by atoms with Gasteiger partial charge in [-0.05, 0) is 61.3 Å². The number of rotatable bonds is 14. The third-order valence-electron chi connectivity index (χ3n) is 7.89. The predicted molar refractivity (Wildman–Crippen MR) is 142 cm³/mol. The average Bonchev–Trinajstić information content (AvgIpc) is 2.92. The third kappa shape index (κ3) is 7.30. The Morgan fingerprint density at radius 3 is 2.27 bits per heavy atom. The minimum atomic E-state index is -2.26. The van der Waals surface area contributed by atoms with Crippen LogP contribution in [0.2, 0.25) is 0 Å². The van der Waals surface area contributed by atoms with Crippen molar-refractivity contribution in [3.63, 3.8) is 0 Å². The Hall–Kier alpha value is -2.50. The molecular formula is C31H41F3O3. The van der Waals surface area contributed by atoms with E-state index < -0.39 is 29.2 Å². The van der Waals surface area contributed by atoms with Crippen molar-refractivity contribution < 1.29 is 27.8 Å². The highest BCUT2D eigenvalue weighted by molar-refractivity contribution is 5.78. The smallest absolute Gasteiger partial charge is 0.341 e. The van der Waals surface area contributed by atoms with Crippen molar-refractivity contribution in [1.82, 2.24) is 0 Å². The molecule has 0 aromatic heterocycles. The van der Waals surface area contributed by atoms with Crippen LogP contribution in [-0.2, 0) is 4.79 Å². The highest BCUT2D eigenvalue weighted by Gasteiger charge is 2.48. The fourth-order valence-electron chi connectivity index (χ4n) is 5.53. The van der Waals surface area contributed by atoms with Gasteiger partial charge >= 0.3 is 5.97 Å². The van der Waals surface area contributed by atoms with E-state index in [2.05, 4.69) is 6.92 Å². The maximum Gasteiger partial charge on any atom is 0.341 e. The van der Waals surface area contributed by atoms with E-state index in [-0.39, 0.29) is 23.7 Å². The van der Waals surface area contributed by atoms with E-state index in [9.17, 15) is 18.7 Å². The number of alkyl halides is 1. The number of carboxylic acid groups (broad SMARTS) is 1. The summed E-state index contributed by atoms with van der Waals surface area (Å²) in [6.45, 7) is 4.40. The molecule has 1 saturated carbocycles. The lowest BCUT2D eigenvalue weighted by Gasteiger charge is -2.35. The third-order valence-corrected chi connectivity index (χ3v) is 7.89. The van der Waals surface area contributed by atoms with Gasteiger partial charge < -0.3 is 9.84 Å². The Labute approximate surface area is 219 Å². The molecule has 2 atom stereocenters. The van der Waals surface area contributed by atoms with Crippen LogP contribution in [0.15, 0.2) is 36.4 Å². The van der Waals surface area contributed by atoms with Crippen LogP contribution < -0.4 is 4.74 Å². The van der Waals surface area contributed by atoms with Gasteiger partial charge in [-0.1, -0.05) is 83.1 Å². The van der Waals surface area contributed by atoms with Gasteiger partial charge in [-0.3, -0.25) is 0 Å². The van der Waals surface area contributed by atoms with E-state index in [1.807, 2.05) is 6.92 Å². The van der Waals surface area contributed by atoms with Crippen LogP contribution in [0, 0.1) is 17.6 Å². The van der Waals surface area contributed by atoms with Gasteiger partial charge in [-0.25, -0.2) is 13.6 Å². The second-order valence-corrected chi connectivity index (χ2v) is 10.4. The van der Waals surface area contributed by atoms with Crippen LogP contribution in [0.3, 0.4) is 0 Å². The van der Waals surface area contributed by atoms with Gasteiger partial charge in [0, 0.05) is 11.5 Å². The van der Waals surface area contributed by atoms with E-state index in [1.54, 1.807) is 24.3 Å². The van der Waals surface area contributed by atoms with Gasteiger partial charge in [0.2, 0.25) is 11.5 Å². The molecular weight excluding hydrogens is 477 g/mol. The molecule has 1 N–H and O–H groups in total. The first kappa shape index (κ1) is 29.1. The van der Waals surface area contributed by atoms with Gasteiger partial charge in [0.05, 0.1) is 6.61 Å². The molecule has 2 aromatic carbocycles. The molecule has 0 aliphatic heterocycles. The van der Waals surface area contributed by atoms with Gasteiger partial charge in [0.15, 0.2) is 11.6 Å². The molecule has 1 unspecified atom stereocenters. The number of carbonyl (C=O) groups is 1. The van der Waals surface area contributed by atoms with Crippen molar-refractivity contribution >= 4 is 5.97 Å². The van der Waals surface area contributed by atoms with Crippen LogP contribution in [0.5, 0.6) is 5.75 Å². The molecule has 3 nitrogen and oxygen atoms in total. The number of carboxylic acids is 1. The molecule has 0 radical (unpaired) electrons. The molecule has 204 valence electrons. The highest BCUT2D eigenvalue weighted by atomic mass is 19.2. The molecule has 6 heteroatoms. The lowest BCUT2D eigenvalue weighted by molar-refractivity contribution is -0.157. The standard InChI is InChI=1S/C31H41F3O3/c1-3-5-6-7-11-20-37-27-19-18-26(28(32)29(27)33)24-16-14-23(15-17-24)22(4-2)21-31(34,30(35)36)25-12-9-8-10-13-25/h14-19,22,25H,3-13,20-21H2,1-2H3,(H,35,36)/t22?,31-/m0/s1. The number of benzene rings is 2. The summed E-state index contributed by atoms with van der Waals surface area (Å²) in [7, 11) is 0. The zero-order chi connectivity index (χ0) is 26.8. The molecule has 3 rings (SSSR count). The monoisotopic (exact) mass is 518 g/mol. The Morgan fingerprint density at radius 2 is 1.65 bits per heavy atom. The van der Waals surface area contributed by atoms with Gasteiger partial charge in [-0.15, -0.1) is 0 Å². The molecule has 0 heterocycles. The molecule has 37 heavy (non-hydrogen) atoms. The first-order valence-corrected chi connectivity index (χ1v) is 13.9. The Balaban J connectivity index is 1.70. The first-order valence-electron chi connectivity index (χ1n) is 13.9. The summed E-state index contributed by atoms with van der Waals surface area (Å²) >= 11 is 0. The quantitative estimate of drug-likeness (QED) is 0.254. The van der Waals surface area contributed by atoms with E-state index in [4.69, 9.17) is 4.74 Å². The molecule has 1 aliphatic rings. The molecule has 0 amide bonds. The summed E-state index contributed by atoms with van der Waals surface area (Å²) < 4.78 is 50.9. The number of hydrogen-bond acceptors (Lipinski definition) is 2. The van der Waals surface area contributed by atoms with Crippen LogP contribution in [0.25, 0.3) is 11.1 Å². The molecule has 0 spiro atoms. The fourth-order valence-corrected chi connectivity index (χ4v) is 5.53. The number of aliphatic carboxylic acids is 1. The van der Waals surface area contributed by atoms with Crippen LogP contribution in [0.1, 0.15) is 102 Å². The minimum absolute atomic E-state index is 0.0870. The predicted octanol–water partition coefficient (Wildman–Crippen LogP) is 9.24. The fraction of sp³-hybridized carbons (Fsp3) is 0.581. The lowest BCUT2D eigenvalue weighted by atomic mass is 9.72. The van der Waals surface area contributed by atoms with Gasteiger partial charge in [-0.2, -0.15) is 4.39 Å². The average molecular weight is 519 g/mol. The largest absolute Gasteiger partial charge is 0.490 e. The van der Waals surface area contributed by atoms with Crippen LogP contribution >= 0.6 is 0 Å². The van der Waals surface area contributed by atoms with E-state index in [0.717, 1.165) is 56.9 Å². The summed E-state index contributed by atoms with van der Waals surface area (Å²) in [5.74, 6) is -4.19. The topological polar surface area (TPSA) is 46.5 Å².